The van der Waals surface area contributed by atoms with E-state index in [0.717, 1.165) is 6.20 Å². The van der Waals surface area contributed by atoms with E-state index >= 15 is 0 Å². The maximum atomic E-state index is 12.3. The molecule has 1 aromatic rings. The molecular weight excluding hydrogens is 178 g/mol. The van der Waals surface area contributed by atoms with Crippen LogP contribution in [0.4, 0.5) is 20.3 Å². The van der Waals surface area contributed by atoms with E-state index in [1.807, 2.05) is 0 Å². The molecule has 6 N–H and O–H groups in total. The zero-order valence-electron chi connectivity index (χ0n) is 6.80. The van der Waals surface area contributed by atoms with Gasteiger partial charge in [0, 0.05) is 23.9 Å². The zero-order chi connectivity index (χ0) is 10.0. The normalized spacial score (nSPS) is 10.8. The Hall–Kier alpha value is -1.43. The monoisotopic (exact) mass is 188 g/mol. The Labute approximate surface area is 73.7 Å². The molecule has 0 bridgehead atoms. The van der Waals surface area contributed by atoms with Crippen LogP contribution in [0.1, 0.15) is 17.6 Å². The molecule has 0 aliphatic rings. The minimum atomic E-state index is -2.63. The van der Waals surface area contributed by atoms with Gasteiger partial charge in [0.2, 0.25) is 0 Å². The lowest BCUT2D eigenvalue weighted by atomic mass is 10.1. The Kier molecular flexibility index (Phi) is 2.62. The third-order valence-electron chi connectivity index (χ3n) is 1.73. The maximum Gasteiger partial charge on any atom is 0.265 e. The molecule has 0 unspecified atom stereocenters. The third kappa shape index (κ3) is 1.67. The fourth-order valence-corrected chi connectivity index (χ4v) is 1.01. The number of nitrogen functional groups attached to an aromatic ring is 2. The highest BCUT2D eigenvalue weighted by Gasteiger charge is 2.16. The summed E-state index contributed by atoms with van der Waals surface area (Å²) < 4.78 is 24.7. The van der Waals surface area contributed by atoms with Crippen molar-refractivity contribution in [3.63, 3.8) is 0 Å². The zero-order valence-corrected chi connectivity index (χ0v) is 6.80. The summed E-state index contributed by atoms with van der Waals surface area (Å²) in [6, 6.07) is 0. The highest BCUT2D eigenvalue weighted by atomic mass is 19.3. The summed E-state index contributed by atoms with van der Waals surface area (Å²) in [5, 5.41) is 0. The number of nitrogens with zero attached hydrogens (tertiary/aromatic N) is 1. The van der Waals surface area contributed by atoms with Crippen molar-refractivity contribution in [1.82, 2.24) is 4.98 Å². The number of hydrogen-bond donors (Lipinski definition) is 3. The van der Waals surface area contributed by atoms with Crippen molar-refractivity contribution >= 4 is 11.5 Å². The number of rotatable bonds is 2. The Balaban J connectivity index is 3.30. The molecule has 1 heterocycles. The fourth-order valence-electron chi connectivity index (χ4n) is 1.01. The highest BCUT2D eigenvalue weighted by molar-refractivity contribution is 5.64. The number of halogens is 2. The first-order valence-electron chi connectivity index (χ1n) is 3.58. The highest BCUT2D eigenvalue weighted by Crippen LogP contribution is 2.28. The summed E-state index contributed by atoms with van der Waals surface area (Å²) in [6.45, 7) is -0.0712. The van der Waals surface area contributed by atoms with E-state index in [1.54, 1.807) is 0 Å². The van der Waals surface area contributed by atoms with Gasteiger partial charge in [-0.2, -0.15) is 0 Å². The molecule has 0 amide bonds. The molecule has 0 aliphatic carbocycles. The van der Waals surface area contributed by atoms with E-state index < -0.39 is 6.43 Å². The number of anilines is 2. The number of alkyl halides is 2. The van der Waals surface area contributed by atoms with E-state index in [-0.39, 0.29) is 29.2 Å². The Bertz CT molecular complexity index is 314. The van der Waals surface area contributed by atoms with Crippen molar-refractivity contribution in [3.05, 3.63) is 17.3 Å². The van der Waals surface area contributed by atoms with Gasteiger partial charge in [-0.25, -0.2) is 13.8 Å². The Morgan fingerprint density at radius 2 is 2.00 bits per heavy atom. The van der Waals surface area contributed by atoms with Gasteiger partial charge in [-0.3, -0.25) is 0 Å². The van der Waals surface area contributed by atoms with E-state index in [0.29, 0.717) is 0 Å². The van der Waals surface area contributed by atoms with Crippen LogP contribution < -0.4 is 17.2 Å². The van der Waals surface area contributed by atoms with E-state index in [9.17, 15) is 8.78 Å². The summed E-state index contributed by atoms with van der Waals surface area (Å²) in [6.07, 6.45) is -1.63. The molecule has 6 heteroatoms. The summed E-state index contributed by atoms with van der Waals surface area (Å²) in [5.41, 5.74) is 16.0. The topological polar surface area (TPSA) is 90.9 Å². The summed E-state index contributed by atoms with van der Waals surface area (Å²) in [4.78, 5) is 3.53. The van der Waals surface area contributed by atoms with Crippen LogP contribution in [0.5, 0.6) is 0 Å². The molecule has 72 valence electrons. The van der Waals surface area contributed by atoms with E-state index in [4.69, 9.17) is 17.2 Å². The van der Waals surface area contributed by atoms with Crippen LogP contribution >= 0.6 is 0 Å². The van der Waals surface area contributed by atoms with Crippen molar-refractivity contribution in [2.45, 2.75) is 13.0 Å². The predicted octanol–water partition coefficient (Wildman–Crippen LogP) is 0.642. The van der Waals surface area contributed by atoms with Gasteiger partial charge >= 0.3 is 0 Å². The minimum Gasteiger partial charge on any atom is -0.395 e. The molecule has 0 aromatic carbocycles. The maximum absolute atomic E-state index is 12.3. The van der Waals surface area contributed by atoms with E-state index in [2.05, 4.69) is 4.98 Å². The number of nitrogens with two attached hydrogens (primary N) is 3. The summed E-state index contributed by atoms with van der Waals surface area (Å²) in [7, 11) is 0. The van der Waals surface area contributed by atoms with Crippen LogP contribution in [0.15, 0.2) is 6.20 Å². The van der Waals surface area contributed by atoms with Gasteiger partial charge in [0.25, 0.3) is 6.43 Å². The summed E-state index contributed by atoms with van der Waals surface area (Å²) in [5.74, 6) is 0.0323. The largest absolute Gasteiger partial charge is 0.395 e. The lowest BCUT2D eigenvalue weighted by Crippen LogP contribution is -2.10. The molecule has 0 atom stereocenters. The molecule has 0 saturated heterocycles. The first kappa shape index (κ1) is 9.66. The molecule has 0 radical (unpaired) electrons. The SMILES string of the molecule is NCc1c(C(F)F)cnc(N)c1N. The lowest BCUT2D eigenvalue weighted by Gasteiger charge is -2.10. The lowest BCUT2D eigenvalue weighted by molar-refractivity contribution is 0.150. The second-order valence-corrected chi connectivity index (χ2v) is 2.50. The fraction of sp³-hybridized carbons (Fsp3) is 0.286. The standard InChI is InChI=1S/C7H10F2N4/c8-6(9)4-2-13-7(12)5(11)3(4)1-10/h2,6H,1,10-11H2,(H2,12,13). The molecule has 0 fully saturated rings. The molecule has 0 aliphatic heterocycles. The smallest absolute Gasteiger partial charge is 0.265 e. The molecule has 4 nitrogen and oxygen atoms in total. The van der Waals surface area contributed by atoms with Crippen molar-refractivity contribution in [2.75, 3.05) is 11.5 Å². The first-order valence-corrected chi connectivity index (χ1v) is 3.58. The van der Waals surface area contributed by atoms with Crippen LogP contribution in [0, 0.1) is 0 Å². The van der Waals surface area contributed by atoms with Crippen LogP contribution in [-0.2, 0) is 6.54 Å². The quantitative estimate of drug-likeness (QED) is 0.635. The van der Waals surface area contributed by atoms with Crippen molar-refractivity contribution in [2.24, 2.45) is 5.73 Å². The molecular formula is C7H10F2N4. The molecule has 0 saturated carbocycles. The average Bonchev–Trinajstić information content (AvgIpc) is 2.09. The van der Waals surface area contributed by atoms with Gasteiger partial charge in [0.15, 0.2) is 0 Å². The van der Waals surface area contributed by atoms with Crippen molar-refractivity contribution in [1.29, 1.82) is 0 Å². The van der Waals surface area contributed by atoms with Gasteiger partial charge in [-0.1, -0.05) is 0 Å². The number of pyridine rings is 1. The number of hydrogen-bond acceptors (Lipinski definition) is 4. The van der Waals surface area contributed by atoms with E-state index in [1.165, 1.54) is 0 Å². The molecule has 1 rings (SSSR count). The van der Waals surface area contributed by atoms with Gasteiger partial charge in [-0.05, 0) is 0 Å². The van der Waals surface area contributed by atoms with Gasteiger partial charge in [-0.15, -0.1) is 0 Å². The van der Waals surface area contributed by atoms with Crippen LogP contribution in [-0.4, -0.2) is 4.98 Å². The average molecular weight is 188 g/mol. The van der Waals surface area contributed by atoms with Crippen LogP contribution in [0.25, 0.3) is 0 Å². The van der Waals surface area contributed by atoms with Gasteiger partial charge < -0.3 is 17.2 Å². The number of aromatic nitrogens is 1. The second-order valence-electron chi connectivity index (χ2n) is 2.50. The molecule has 13 heavy (non-hydrogen) atoms. The first-order chi connectivity index (χ1) is 6.07. The Morgan fingerprint density at radius 3 is 2.46 bits per heavy atom. The molecule has 1 aromatic heterocycles. The predicted molar refractivity (Wildman–Crippen MR) is 45.9 cm³/mol. The summed E-state index contributed by atoms with van der Waals surface area (Å²) >= 11 is 0. The molecule has 0 spiro atoms. The minimum absolute atomic E-state index is 0.0323. The van der Waals surface area contributed by atoms with Gasteiger partial charge in [0.05, 0.1) is 5.69 Å². The third-order valence-corrected chi connectivity index (χ3v) is 1.73. The van der Waals surface area contributed by atoms with Crippen molar-refractivity contribution in [3.8, 4) is 0 Å². The van der Waals surface area contributed by atoms with Crippen LogP contribution in [0.3, 0.4) is 0 Å². The van der Waals surface area contributed by atoms with Crippen LogP contribution in [0.2, 0.25) is 0 Å². The Morgan fingerprint density at radius 1 is 1.38 bits per heavy atom. The second kappa shape index (κ2) is 3.53. The van der Waals surface area contributed by atoms with Gasteiger partial charge in [0.1, 0.15) is 5.82 Å². The van der Waals surface area contributed by atoms with Crippen molar-refractivity contribution < 1.29 is 8.78 Å².